The molecule has 0 saturated carbocycles. The molecule has 27 heavy (non-hydrogen) atoms. The summed E-state index contributed by atoms with van der Waals surface area (Å²) in [7, 11) is -3.35. The third-order valence-corrected chi connectivity index (χ3v) is 6.48. The average molecular weight is 389 g/mol. The molecule has 2 aromatic carbocycles. The van der Waals surface area contributed by atoms with Crippen molar-refractivity contribution in [3.05, 3.63) is 58.7 Å². The van der Waals surface area contributed by atoms with Crippen molar-refractivity contribution in [3.8, 4) is 0 Å². The molecule has 0 fully saturated rings. The molecule has 0 aromatic heterocycles. The summed E-state index contributed by atoms with van der Waals surface area (Å²) in [6, 6.07) is 9.38. The maximum atomic E-state index is 12.3. The van der Waals surface area contributed by atoms with E-state index in [1.165, 1.54) is 18.2 Å². The number of carboxylic acid groups (broad SMARTS) is 1. The van der Waals surface area contributed by atoms with Gasteiger partial charge in [0, 0.05) is 5.69 Å². The normalized spacial score (nSPS) is 11.4. The molecule has 0 bridgehead atoms. The van der Waals surface area contributed by atoms with Crippen molar-refractivity contribution >= 4 is 27.4 Å². The topological polar surface area (TPSA) is 101 Å². The summed E-state index contributed by atoms with van der Waals surface area (Å²) >= 11 is 0. The number of hydrogen-bond acceptors (Lipinski definition) is 4. The number of carbonyl (C=O) groups excluding carboxylic acids is 1. The maximum Gasteiger partial charge on any atom is 0.336 e. The van der Waals surface area contributed by atoms with Gasteiger partial charge in [-0.2, -0.15) is 0 Å². The van der Waals surface area contributed by atoms with Crippen LogP contribution in [-0.2, 0) is 21.1 Å². The van der Waals surface area contributed by atoms with Crippen LogP contribution in [0.3, 0.4) is 0 Å². The lowest BCUT2D eigenvalue weighted by molar-refractivity contribution is -0.115. The van der Waals surface area contributed by atoms with Crippen molar-refractivity contribution in [3.63, 3.8) is 0 Å². The van der Waals surface area contributed by atoms with E-state index in [0.717, 1.165) is 5.56 Å². The SMILES string of the molecule is Cc1cc(C)c(C(=O)O)cc1NC(=O)Cc1ccc(S(=O)(=O)C(C)C)cc1. The molecule has 0 aliphatic carbocycles. The van der Waals surface area contributed by atoms with Crippen LogP contribution >= 0.6 is 0 Å². The number of amides is 1. The van der Waals surface area contributed by atoms with E-state index in [9.17, 15) is 23.1 Å². The van der Waals surface area contributed by atoms with E-state index < -0.39 is 21.1 Å². The fraction of sp³-hybridized carbons (Fsp3) is 0.300. The van der Waals surface area contributed by atoms with Gasteiger partial charge in [0.2, 0.25) is 5.91 Å². The van der Waals surface area contributed by atoms with Crippen LogP contribution in [0.15, 0.2) is 41.3 Å². The van der Waals surface area contributed by atoms with E-state index in [2.05, 4.69) is 5.32 Å². The lowest BCUT2D eigenvalue weighted by Gasteiger charge is -2.12. The first-order valence-corrected chi connectivity index (χ1v) is 10.0. The fourth-order valence-electron chi connectivity index (χ4n) is 2.67. The quantitative estimate of drug-likeness (QED) is 0.789. The van der Waals surface area contributed by atoms with Gasteiger partial charge in [-0.3, -0.25) is 4.79 Å². The van der Waals surface area contributed by atoms with E-state index >= 15 is 0 Å². The minimum Gasteiger partial charge on any atom is -0.478 e. The number of sulfone groups is 1. The molecule has 0 heterocycles. The van der Waals surface area contributed by atoms with Crippen molar-refractivity contribution in [1.82, 2.24) is 0 Å². The van der Waals surface area contributed by atoms with Crippen LogP contribution in [0.5, 0.6) is 0 Å². The molecular weight excluding hydrogens is 366 g/mol. The molecule has 6 nitrogen and oxygen atoms in total. The van der Waals surface area contributed by atoms with Gasteiger partial charge in [0.25, 0.3) is 0 Å². The molecule has 0 unspecified atom stereocenters. The van der Waals surface area contributed by atoms with Crippen LogP contribution in [0.25, 0.3) is 0 Å². The predicted octanol–water partition coefficient (Wildman–Crippen LogP) is 3.36. The first kappa shape index (κ1) is 20.6. The Morgan fingerprint density at radius 1 is 1.04 bits per heavy atom. The number of aromatic carboxylic acids is 1. The maximum absolute atomic E-state index is 12.3. The molecule has 7 heteroatoms. The van der Waals surface area contributed by atoms with Crippen molar-refractivity contribution in [2.45, 2.75) is 44.3 Å². The van der Waals surface area contributed by atoms with Crippen LogP contribution in [-0.4, -0.2) is 30.7 Å². The summed E-state index contributed by atoms with van der Waals surface area (Å²) in [4.78, 5) is 23.8. The monoisotopic (exact) mass is 389 g/mol. The molecule has 2 aromatic rings. The van der Waals surface area contributed by atoms with Gasteiger partial charge in [0.15, 0.2) is 9.84 Å². The number of rotatable bonds is 6. The summed E-state index contributed by atoms with van der Waals surface area (Å²) in [5.74, 6) is -1.36. The molecule has 0 aliphatic heterocycles. The zero-order valence-electron chi connectivity index (χ0n) is 15.7. The Labute approximate surface area is 159 Å². The lowest BCUT2D eigenvalue weighted by atomic mass is 10.0. The molecule has 0 atom stereocenters. The Balaban J connectivity index is 2.15. The number of carbonyl (C=O) groups is 2. The summed E-state index contributed by atoms with van der Waals surface area (Å²) in [5.41, 5.74) is 2.64. The van der Waals surface area contributed by atoms with Crippen LogP contribution in [0.4, 0.5) is 5.69 Å². The molecule has 0 radical (unpaired) electrons. The molecule has 144 valence electrons. The van der Waals surface area contributed by atoms with Crippen molar-refractivity contribution in [2.75, 3.05) is 5.32 Å². The Bertz CT molecular complexity index is 976. The molecule has 2 rings (SSSR count). The fourth-order valence-corrected chi connectivity index (χ4v) is 3.73. The average Bonchev–Trinajstić information content (AvgIpc) is 2.57. The highest BCUT2D eigenvalue weighted by atomic mass is 32.2. The van der Waals surface area contributed by atoms with Gasteiger partial charge >= 0.3 is 5.97 Å². The first-order valence-electron chi connectivity index (χ1n) is 8.49. The number of aryl methyl sites for hydroxylation is 2. The van der Waals surface area contributed by atoms with Crippen molar-refractivity contribution in [2.24, 2.45) is 0 Å². The van der Waals surface area contributed by atoms with Gasteiger partial charge < -0.3 is 10.4 Å². The zero-order valence-corrected chi connectivity index (χ0v) is 16.6. The van der Waals surface area contributed by atoms with Gasteiger partial charge in [-0.05, 0) is 62.6 Å². The third kappa shape index (κ3) is 4.74. The number of carboxylic acids is 1. The second-order valence-electron chi connectivity index (χ2n) is 6.75. The van der Waals surface area contributed by atoms with Gasteiger partial charge in [-0.15, -0.1) is 0 Å². The van der Waals surface area contributed by atoms with E-state index in [0.29, 0.717) is 16.8 Å². The highest BCUT2D eigenvalue weighted by Gasteiger charge is 2.19. The van der Waals surface area contributed by atoms with Crippen molar-refractivity contribution < 1.29 is 23.1 Å². The van der Waals surface area contributed by atoms with Crippen LogP contribution in [0, 0.1) is 13.8 Å². The molecule has 2 N–H and O–H groups in total. The second kappa shape index (κ2) is 7.92. The second-order valence-corrected chi connectivity index (χ2v) is 9.25. The molecule has 0 saturated heterocycles. The zero-order chi connectivity index (χ0) is 20.4. The van der Waals surface area contributed by atoms with E-state index in [1.807, 2.05) is 0 Å². The summed E-state index contributed by atoms with van der Waals surface area (Å²) in [6.07, 6.45) is 0.0533. The lowest BCUT2D eigenvalue weighted by Crippen LogP contribution is -2.17. The van der Waals surface area contributed by atoms with Crippen LogP contribution in [0.1, 0.15) is 40.9 Å². The minimum absolute atomic E-state index is 0.0533. The van der Waals surface area contributed by atoms with Crippen LogP contribution in [0.2, 0.25) is 0 Å². The van der Waals surface area contributed by atoms with E-state index in [-0.39, 0.29) is 22.8 Å². The minimum atomic E-state index is -3.35. The Hall–Kier alpha value is -2.67. The highest BCUT2D eigenvalue weighted by molar-refractivity contribution is 7.92. The largest absolute Gasteiger partial charge is 0.478 e. The summed E-state index contributed by atoms with van der Waals surface area (Å²) < 4.78 is 24.3. The Morgan fingerprint density at radius 2 is 1.63 bits per heavy atom. The van der Waals surface area contributed by atoms with Gasteiger partial charge in [-0.1, -0.05) is 18.2 Å². The number of benzene rings is 2. The van der Waals surface area contributed by atoms with Crippen molar-refractivity contribution in [1.29, 1.82) is 0 Å². The molecular formula is C20H23NO5S. The molecule has 1 amide bonds. The molecule has 0 spiro atoms. The van der Waals surface area contributed by atoms with Gasteiger partial charge in [-0.25, -0.2) is 13.2 Å². The first-order chi connectivity index (χ1) is 12.5. The Morgan fingerprint density at radius 3 is 2.15 bits per heavy atom. The standard InChI is InChI=1S/C20H23NO5S/c1-12(2)27(25,26)16-7-5-15(6-8-16)10-19(22)21-18-11-17(20(23)24)13(3)9-14(18)4/h5-9,11-12H,10H2,1-4H3,(H,21,22)(H,23,24). The number of anilines is 1. The summed E-state index contributed by atoms with van der Waals surface area (Å²) in [6.45, 7) is 6.73. The number of hydrogen-bond donors (Lipinski definition) is 2. The third-order valence-electron chi connectivity index (χ3n) is 4.31. The smallest absolute Gasteiger partial charge is 0.336 e. The van der Waals surface area contributed by atoms with Crippen LogP contribution < -0.4 is 5.32 Å². The van der Waals surface area contributed by atoms with E-state index in [1.54, 1.807) is 45.9 Å². The molecule has 0 aliphatic rings. The van der Waals surface area contributed by atoms with Gasteiger partial charge in [0.1, 0.15) is 0 Å². The van der Waals surface area contributed by atoms with Gasteiger partial charge in [0.05, 0.1) is 22.1 Å². The predicted molar refractivity (Wildman–Crippen MR) is 104 cm³/mol. The number of nitrogens with one attached hydrogen (secondary N) is 1. The Kier molecular flexibility index (Phi) is 6.05. The van der Waals surface area contributed by atoms with E-state index in [4.69, 9.17) is 0 Å². The highest BCUT2D eigenvalue weighted by Crippen LogP contribution is 2.21. The summed E-state index contributed by atoms with van der Waals surface area (Å²) in [5, 5.41) is 11.4.